The number of alkyl halides is 2. The molecule has 1 fully saturated rings. The maximum Gasteiger partial charge on any atom is 0.459 e. The quantitative estimate of drug-likeness (QED) is 0.593. The molecular formula is C7H14Cl2N2O3P+. The van der Waals surface area contributed by atoms with Crippen molar-refractivity contribution in [1.29, 1.82) is 0 Å². The van der Waals surface area contributed by atoms with Gasteiger partial charge in [-0.2, -0.15) is 9.42 Å². The minimum absolute atomic E-state index is 0.159. The minimum atomic E-state index is -3.00. The molecule has 8 heteroatoms. The van der Waals surface area contributed by atoms with Gasteiger partial charge in [0.2, 0.25) is 0 Å². The van der Waals surface area contributed by atoms with Gasteiger partial charge in [0.25, 0.3) is 5.91 Å². The first kappa shape index (κ1) is 13.4. The van der Waals surface area contributed by atoms with Gasteiger partial charge in [-0.25, -0.2) is 0 Å². The van der Waals surface area contributed by atoms with Crippen molar-refractivity contribution in [1.82, 2.24) is 9.76 Å². The zero-order chi connectivity index (χ0) is 11.3. The van der Waals surface area contributed by atoms with Crippen molar-refractivity contribution in [3.63, 3.8) is 0 Å². The van der Waals surface area contributed by atoms with Gasteiger partial charge in [-0.05, 0) is 6.42 Å². The van der Waals surface area contributed by atoms with Gasteiger partial charge in [0.05, 0.1) is 13.1 Å². The molecule has 1 rings (SSSR count). The number of halogens is 2. The molecule has 0 aromatic rings. The number of nitrogens with one attached hydrogen (secondary N) is 1. The molecule has 0 saturated carbocycles. The summed E-state index contributed by atoms with van der Waals surface area (Å²) in [5.74, 6) is -0.141. The van der Waals surface area contributed by atoms with E-state index in [0.717, 1.165) is 0 Å². The van der Waals surface area contributed by atoms with Gasteiger partial charge in [0.1, 0.15) is 12.5 Å². The Balaban J connectivity index is 2.66. The summed E-state index contributed by atoms with van der Waals surface area (Å²) < 4.78 is 6.53. The molecule has 1 aliphatic heterocycles. The van der Waals surface area contributed by atoms with E-state index in [0.29, 0.717) is 32.0 Å². The van der Waals surface area contributed by atoms with E-state index in [1.807, 2.05) is 0 Å². The normalized spacial score (nSPS) is 26.7. The van der Waals surface area contributed by atoms with Crippen molar-refractivity contribution in [2.24, 2.45) is 0 Å². The van der Waals surface area contributed by atoms with Gasteiger partial charge in [-0.3, -0.25) is 4.79 Å². The Hall–Kier alpha value is 0.360. The smallest absolute Gasteiger partial charge is 0.270 e. The molecule has 1 unspecified atom stereocenters. The average Bonchev–Trinajstić information content (AvgIpc) is 2.26. The fourth-order valence-electron chi connectivity index (χ4n) is 1.28. The summed E-state index contributed by atoms with van der Waals surface area (Å²) >= 11 is 11.0. The molecule has 0 aromatic carbocycles. The average molecular weight is 276 g/mol. The molecule has 0 bridgehead atoms. The molecule has 0 aromatic heterocycles. The number of rotatable bonds is 4. The molecular weight excluding hydrogens is 262 g/mol. The first-order valence-corrected chi connectivity index (χ1v) is 7.26. The lowest BCUT2D eigenvalue weighted by Gasteiger charge is -2.31. The maximum atomic E-state index is 11.5. The lowest BCUT2D eigenvalue weighted by Crippen LogP contribution is -2.43. The standard InChI is InChI=1S/C7H14Cl2N2O3P/c8-2-3-10-15(13)11(7(12)6-9)4-1-5-14-15/h10,13H,1-6H2/q+1. The van der Waals surface area contributed by atoms with Crippen molar-refractivity contribution in [3.05, 3.63) is 0 Å². The second-order valence-corrected chi connectivity index (χ2v) is 5.77. The monoisotopic (exact) mass is 275 g/mol. The van der Waals surface area contributed by atoms with Crippen LogP contribution in [0.25, 0.3) is 0 Å². The topological polar surface area (TPSA) is 61.8 Å². The molecule has 1 saturated heterocycles. The Bertz CT molecular complexity index is 234. The third-order valence-corrected chi connectivity index (χ3v) is 4.60. The van der Waals surface area contributed by atoms with Gasteiger partial charge in [-0.1, -0.05) is 0 Å². The van der Waals surface area contributed by atoms with Crippen LogP contribution in [0.15, 0.2) is 0 Å². The first-order valence-electron chi connectivity index (χ1n) is 4.58. The summed E-state index contributed by atoms with van der Waals surface area (Å²) in [4.78, 5) is 21.6. The lowest BCUT2D eigenvalue weighted by atomic mass is 10.4. The fourth-order valence-corrected chi connectivity index (χ4v) is 3.70. The lowest BCUT2D eigenvalue weighted by molar-refractivity contribution is -0.125. The highest BCUT2D eigenvalue weighted by atomic mass is 35.5. The molecule has 5 nitrogen and oxygen atoms in total. The minimum Gasteiger partial charge on any atom is -0.270 e. The van der Waals surface area contributed by atoms with Crippen molar-refractivity contribution in [3.8, 4) is 0 Å². The number of carbonyl (C=O) groups is 1. The van der Waals surface area contributed by atoms with Crippen LogP contribution in [0.4, 0.5) is 0 Å². The maximum absolute atomic E-state index is 11.5. The Morgan fingerprint density at radius 1 is 1.60 bits per heavy atom. The van der Waals surface area contributed by atoms with Crippen LogP contribution in [-0.4, -0.2) is 46.9 Å². The van der Waals surface area contributed by atoms with Crippen LogP contribution in [0.3, 0.4) is 0 Å². The summed E-state index contributed by atoms with van der Waals surface area (Å²) in [5, 5.41) is 2.77. The van der Waals surface area contributed by atoms with Crippen LogP contribution in [0.1, 0.15) is 6.42 Å². The van der Waals surface area contributed by atoms with Crippen molar-refractivity contribution < 1.29 is 14.2 Å². The predicted molar refractivity (Wildman–Crippen MR) is 60.9 cm³/mol. The van der Waals surface area contributed by atoms with Crippen LogP contribution in [0.2, 0.25) is 0 Å². The van der Waals surface area contributed by atoms with Gasteiger partial charge in [-0.15, -0.1) is 33.0 Å². The summed E-state index contributed by atoms with van der Waals surface area (Å²) in [7, 11) is -3.00. The number of nitrogens with zero attached hydrogens (tertiary/aromatic N) is 1. The van der Waals surface area contributed by atoms with Crippen LogP contribution in [-0.2, 0) is 9.32 Å². The highest BCUT2D eigenvalue weighted by Crippen LogP contribution is 2.57. The highest BCUT2D eigenvalue weighted by molar-refractivity contribution is 7.61. The van der Waals surface area contributed by atoms with E-state index in [1.54, 1.807) is 0 Å². The van der Waals surface area contributed by atoms with Crippen molar-refractivity contribution in [2.45, 2.75) is 6.42 Å². The molecule has 2 N–H and O–H groups in total. The Morgan fingerprint density at radius 2 is 2.33 bits per heavy atom. The summed E-state index contributed by atoms with van der Waals surface area (Å²) in [5.41, 5.74) is 0. The highest BCUT2D eigenvalue weighted by Gasteiger charge is 2.51. The SMILES string of the molecule is O=C(CCl)N1CCCO[P+]1(O)NCCCl. The van der Waals surface area contributed by atoms with E-state index in [2.05, 4.69) is 5.09 Å². The van der Waals surface area contributed by atoms with Crippen LogP contribution in [0, 0.1) is 0 Å². The summed E-state index contributed by atoms with van der Waals surface area (Å²) in [6, 6.07) is 0. The van der Waals surface area contributed by atoms with Crippen LogP contribution in [0.5, 0.6) is 0 Å². The zero-order valence-electron chi connectivity index (χ0n) is 8.16. The Morgan fingerprint density at radius 3 is 2.93 bits per heavy atom. The predicted octanol–water partition coefficient (Wildman–Crippen LogP) is 0.972. The molecule has 1 heterocycles. The molecule has 0 aliphatic carbocycles. The van der Waals surface area contributed by atoms with E-state index in [9.17, 15) is 9.69 Å². The Kier molecular flexibility index (Phi) is 5.53. The van der Waals surface area contributed by atoms with E-state index >= 15 is 0 Å². The molecule has 15 heavy (non-hydrogen) atoms. The van der Waals surface area contributed by atoms with Gasteiger partial charge >= 0.3 is 8.02 Å². The summed E-state index contributed by atoms with van der Waals surface area (Å²) in [6.45, 7) is 1.29. The number of hydrogen-bond donors (Lipinski definition) is 2. The van der Waals surface area contributed by atoms with Crippen molar-refractivity contribution in [2.75, 3.05) is 31.5 Å². The van der Waals surface area contributed by atoms with Crippen LogP contribution >= 0.6 is 31.2 Å². The molecule has 88 valence electrons. The molecule has 1 atom stereocenters. The van der Waals surface area contributed by atoms with E-state index in [-0.39, 0.29) is 11.8 Å². The Labute approximate surface area is 99.3 Å². The van der Waals surface area contributed by atoms with Gasteiger partial charge < -0.3 is 0 Å². The molecule has 0 spiro atoms. The third kappa shape index (κ3) is 3.41. The van der Waals surface area contributed by atoms with Gasteiger partial charge in [0.15, 0.2) is 0 Å². The van der Waals surface area contributed by atoms with Gasteiger partial charge in [0, 0.05) is 5.88 Å². The molecule has 0 radical (unpaired) electrons. The molecule has 1 amide bonds. The number of hydrogen-bond acceptors (Lipinski definition) is 4. The van der Waals surface area contributed by atoms with E-state index in [1.165, 1.54) is 4.67 Å². The van der Waals surface area contributed by atoms with Crippen LogP contribution < -0.4 is 5.09 Å². The third-order valence-electron chi connectivity index (χ3n) is 1.93. The van der Waals surface area contributed by atoms with E-state index in [4.69, 9.17) is 27.7 Å². The second-order valence-electron chi connectivity index (χ2n) is 2.98. The zero-order valence-corrected chi connectivity index (χ0v) is 10.6. The second kappa shape index (κ2) is 6.18. The first-order chi connectivity index (χ1) is 7.14. The van der Waals surface area contributed by atoms with Crippen molar-refractivity contribution >= 4 is 37.1 Å². The summed E-state index contributed by atoms with van der Waals surface area (Å²) in [6.07, 6.45) is 0.702. The fraction of sp³-hybridized carbons (Fsp3) is 0.857. The molecule has 1 aliphatic rings. The number of carbonyl (C=O) groups excluding carboxylic acids is 1. The van der Waals surface area contributed by atoms with E-state index < -0.39 is 8.02 Å². The number of amides is 1. The largest absolute Gasteiger partial charge is 0.459 e.